The smallest absolute Gasteiger partial charge is 0.00226 e. The molecule has 0 saturated carbocycles. The number of hydrogen-bond acceptors (Lipinski definition) is 2. The van der Waals surface area contributed by atoms with Crippen molar-refractivity contribution in [3.05, 3.63) is 35.9 Å². The zero-order valence-electron chi connectivity index (χ0n) is 13.4. The molecule has 0 saturated heterocycles. The molecule has 0 spiro atoms. The minimum atomic E-state index is 0.632. The predicted molar refractivity (Wildman–Crippen MR) is 93.7 cm³/mol. The van der Waals surface area contributed by atoms with Gasteiger partial charge in [0, 0.05) is 6.54 Å². The van der Waals surface area contributed by atoms with Crippen molar-refractivity contribution >= 4 is 11.8 Å². The summed E-state index contributed by atoms with van der Waals surface area (Å²) < 4.78 is 0. The van der Waals surface area contributed by atoms with E-state index in [2.05, 4.69) is 55.8 Å². The number of benzene rings is 1. The number of nitrogens with one attached hydrogen (secondary N) is 1. The molecule has 0 aromatic heterocycles. The number of hydrogen-bond donors (Lipinski definition) is 1. The van der Waals surface area contributed by atoms with E-state index in [-0.39, 0.29) is 0 Å². The van der Waals surface area contributed by atoms with E-state index in [1.807, 2.05) is 11.8 Å². The Morgan fingerprint density at radius 1 is 1.00 bits per heavy atom. The maximum Gasteiger partial charge on any atom is 0.00226 e. The van der Waals surface area contributed by atoms with Crippen LogP contribution in [0.2, 0.25) is 0 Å². The average Bonchev–Trinajstić information content (AvgIpc) is 2.46. The molecule has 0 aliphatic carbocycles. The maximum absolute atomic E-state index is 3.65. The molecule has 1 N–H and O–H groups in total. The Morgan fingerprint density at radius 3 is 2.35 bits per heavy atom. The minimum Gasteiger partial charge on any atom is -0.316 e. The molecule has 0 heterocycles. The van der Waals surface area contributed by atoms with E-state index in [0.717, 1.165) is 13.1 Å². The molecule has 0 radical (unpaired) electrons. The molecule has 1 aromatic rings. The zero-order valence-corrected chi connectivity index (χ0v) is 14.2. The van der Waals surface area contributed by atoms with E-state index >= 15 is 0 Å². The van der Waals surface area contributed by atoms with Crippen molar-refractivity contribution < 1.29 is 0 Å². The Labute approximate surface area is 129 Å². The summed E-state index contributed by atoms with van der Waals surface area (Å²) in [5, 5.41) is 3.65. The first-order valence-corrected chi connectivity index (χ1v) is 9.39. The first-order chi connectivity index (χ1) is 9.75. The van der Waals surface area contributed by atoms with Crippen LogP contribution < -0.4 is 5.32 Å². The average molecular weight is 294 g/mol. The van der Waals surface area contributed by atoms with Gasteiger partial charge in [0.05, 0.1) is 0 Å². The Bertz CT molecular complexity index is 323. The standard InChI is InChI=1S/C18H31NS/c1-16(2)18(17-11-7-6-8-12-17)15-19-13-9-4-5-10-14-20-3/h6-8,11-12,16,18-19H,4-5,9-10,13-15H2,1-3H3. The lowest BCUT2D eigenvalue weighted by Gasteiger charge is -2.22. The third kappa shape index (κ3) is 7.35. The van der Waals surface area contributed by atoms with Crippen molar-refractivity contribution in [2.75, 3.05) is 25.1 Å². The van der Waals surface area contributed by atoms with Gasteiger partial charge in [-0.1, -0.05) is 57.0 Å². The van der Waals surface area contributed by atoms with Crippen LogP contribution in [0.3, 0.4) is 0 Å². The van der Waals surface area contributed by atoms with Crippen LogP contribution in [0.1, 0.15) is 51.0 Å². The van der Waals surface area contributed by atoms with Crippen LogP contribution in [0.5, 0.6) is 0 Å². The molecular formula is C18H31NS. The van der Waals surface area contributed by atoms with Gasteiger partial charge >= 0.3 is 0 Å². The van der Waals surface area contributed by atoms with Gasteiger partial charge in [0.1, 0.15) is 0 Å². The Balaban J connectivity index is 2.18. The molecule has 2 heteroatoms. The van der Waals surface area contributed by atoms with Gasteiger partial charge in [-0.2, -0.15) is 11.8 Å². The molecule has 1 aromatic carbocycles. The van der Waals surface area contributed by atoms with Crippen molar-refractivity contribution in [2.24, 2.45) is 5.92 Å². The van der Waals surface area contributed by atoms with Gasteiger partial charge in [-0.3, -0.25) is 0 Å². The molecular weight excluding hydrogens is 262 g/mol. The lowest BCUT2D eigenvalue weighted by atomic mass is 9.88. The van der Waals surface area contributed by atoms with Crippen molar-refractivity contribution in [1.82, 2.24) is 5.32 Å². The lowest BCUT2D eigenvalue weighted by Crippen LogP contribution is -2.25. The van der Waals surface area contributed by atoms with Crippen LogP contribution in [0.4, 0.5) is 0 Å². The quantitative estimate of drug-likeness (QED) is 0.580. The highest BCUT2D eigenvalue weighted by Gasteiger charge is 2.14. The Hall–Kier alpha value is -0.470. The monoisotopic (exact) mass is 293 g/mol. The minimum absolute atomic E-state index is 0.632. The number of unbranched alkanes of at least 4 members (excludes halogenated alkanes) is 3. The fourth-order valence-electron chi connectivity index (χ4n) is 2.55. The van der Waals surface area contributed by atoms with Gasteiger partial charge in [-0.25, -0.2) is 0 Å². The van der Waals surface area contributed by atoms with Gasteiger partial charge in [-0.05, 0) is 48.8 Å². The molecule has 0 aliphatic heterocycles. The second kappa shape index (κ2) is 11.2. The largest absolute Gasteiger partial charge is 0.316 e. The second-order valence-corrected chi connectivity index (χ2v) is 6.86. The van der Waals surface area contributed by atoms with Gasteiger partial charge in [0.15, 0.2) is 0 Å². The predicted octanol–water partition coefficient (Wildman–Crippen LogP) is 4.94. The maximum atomic E-state index is 3.65. The summed E-state index contributed by atoms with van der Waals surface area (Å²) in [5.74, 6) is 2.64. The number of rotatable bonds is 11. The summed E-state index contributed by atoms with van der Waals surface area (Å²) in [6.07, 6.45) is 7.63. The summed E-state index contributed by atoms with van der Waals surface area (Å²) in [6, 6.07) is 10.9. The highest BCUT2D eigenvalue weighted by Crippen LogP contribution is 2.23. The van der Waals surface area contributed by atoms with E-state index < -0.39 is 0 Å². The van der Waals surface area contributed by atoms with Crippen LogP contribution in [0.15, 0.2) is 30.3 Å². The van der Waals surface area contributed by atoms with Crippen molar-refractivity contribution in [3.63, 3.8) is 0 Å². The molecule has 0 aliphatic rings. The highest BCUT2D eigenvalue weighted by atomic mass is 32.2. The fourth-order valence-corrected chi connectivity index (χ4v) is 3.04. The number of thioether (sulfide) groups is 1. The summed E-state index contributed by atoms with van der Waals surface area (Å²) in [5.41, 5.74) is 1.47. The van der Waals surface area contributed by atoms with E-state index in [1.54, 1.807) is 0 Å². The molecule has 1 unspecified atom stereocenters. The van der Waals surface area contributed by atoms with Crippen molar-refractivity contribution in [3.8, 4) is 0 Å². The summed E-state index contributed by atoms with van der Waals surface area (Å²) in [4.78, 5) is 0. The molecule has 114 valence electrons. The van der Waals surface area contributed by atoms with E-state index in [4.69, 9.17) is 0 Å². The summed E-state index contributed by atoms with van der Waals surface area (Å²) in [7, 11) is 0. The lowest BCUT2D eigenvalue weighted by molar-refractivity contribution is 0.456. The third-order valence-electron chi connectivity index (χ3n) is 3.85. The Morgan fingerprint density at radius 2 is 1.70 bits per heavy atom. The van der Waals surface area contributed by atoms with Gasteiger partial charge in [-0.15, -0.1) is 0 Å². The van der Waals surface area contributed by atoms with Crippen molar-refractivity contribution in [1.29, 1.82) is 0 Å². The summed E-state index contributed by atoms with van der Waals surface area (Å²) >= 11 is 1.96. The highest BCUT2D eigenvalue weighted by molar-refractivity contribution is 7.98. The topological polar surface area (TPSA) is 12.0 Å². The molecule has 20 heavy (non-hydrogen) atoms. The Kier molecular flexibility index (Phi) is 9.86. The molecule has 1 atom stereocenters. The molecule has 0 amide bonds. The normalized spacial score (nSPS) is 12.8. The third-order valence-corrected chi connectivity index (χ3v) is 4.55. The van der Waals surface area contributed by atoms with Crippen LogP contribution in [-0.2, 0) is 0 Å². The van der Waals surface area contributed by atoms with Crippen LogP contribution >= 0.6 is 11.8 Å². The van der Waals surface area contributed by atoms with Gasteiger partial charge in [0.2, 0.25) is 0 Å². The first-order valence-electron chi connectivity index (χ1n) is 8.00. The van der Waals surface area contributed by atoms with Gasteiger partial charge < -0.3 is 5.32 Å². The molecule has 1 rings (SSSR count). The second-order valence-electron chi connectivity index (χ2n) is 5.87. The zero-order chi connectivity index (χ0) is 14.6. The first kappa shape index (κ1) is 17.6. The molecule has 0 bridgehead atoms. The van der Waals surface area contributed by atoms with E-state index in [0.29, 0.717) is 11.8 Å². The van der Waals surface area contributed by atoms with Crippen molar-refractivity contribution in [2.45, 2.75) is 45.4 Å². The summed E-state index contributed by atoms with van der Waals surface area (Å²) in [6.45, 7) is 6.91. The fraction of sp³-hybridized carbons (Fsp3) is 0.667. The van der Waals surface area contributed by atoms with Crippen LogP contribution in [0, 0.1) is 5.92 Å². The van der Waals surface area contributed by atoms with Gasteiger partial charge in [0.25, 0.3) is 0 Å². The molecule has 0 fully saturated rings. The molecule has 1 nitrogen and oxygen atoms in total. The van der Waals surface area contributed by atoms with E-state index in [1.165, 1.54) is 37.0 Å². The van der Waals surface area contributed by atoms with Crippen LogP contribution in [0.25, 0.3) is 0 Å². The SMILES string of the molecule is CSCCCCCCNCC(c1ccccc1)C(C)C. The van der Waals surface area contributed by atoms with Crippen LogP contribution in [-0.4, -0.2) is 25.1 Å². The van der Waals surface area contributed by atoms with E-state index in [9.17, 15) is 0 Å².